The summed E-state index contributed by atoms with van der Waals surface area (Å²) in [6.45, 7) is 2.42. The van der Waals surface area contributed by atoms with Gasteiger partial charge in [0.15, 0.2) is 0 Å². The predicted molar refractivity (Wildman–Crippen MR) is 41.5 cm³/mol. The van der Waals surface area contributed by atoms with Gasteiger partial charge in [0.05, 0.1) is 6.20 Å². The summed E-state index contributed by atoms with van der Waals surface area (Å²) in [5.41, 5.74) is 0.355. The fourth-order valence-electron chi connectivity index (χ4n) is 0.687. The lowest BCUT2D eigenvalue weighted by molar-refractivity contribution is 0.0950. The molecular formula is C6H8ClN3O. The third kappa shape index (κ3) is 1.71. The van der Waals surface area contributed by atoms with Gasteiger partial charge in [-0.25, -0.2) is 9.07 Å². The highest BCUT2D eigenvalue weighted by Gasteiger charge is 2.08. The Hall–Kier alpha value is -1.03. The topological polar surface area (TPSA) is 46.9 Å². The molecule has 0 spiro atoms. The maximum absolute atomic E-state index is 11.1. The molecule has 4 nitrogen and oxygen atoms in total. The minimum Gasteiger partial charge on any atom is -0.351 e. The van der Waals surface area contributed by atoms with Crippen LogP contribution in [0.4, 0.5) is 0 Å². The molecule has 0 saturated heterocycles. The van der Waals surface area contributed by atoms with E-state index >= 15 is 0 Å². The molecule has 0 radical (unpaired) electrons. The van der Waals surface area contributed by atoms with Crippen molar-refractivity contribution in [1.82, 2.24) is 14.4 Å². The molecule has 0 saturated carbocycles. The fourth-order valence-corrected chi connectivity index (χ4v) is 0.857. The molecule has 0 unspecified atom stereocenters. The van der Waals surface area contributed by atoms with Crippen LogP contribution in [-0.4, -0.2) is 21.5 Å². The molecule has 0 bridgehead atoms. The van der Waals surface area contributed by atoms with Crippen molar-refractivity contribution >= 4 is 17.7 Å². The Kier molecular flexibility index (Phi) is 2.48. The van der Waals surface area contributed by atoms with E-state index in [1.54, 1.807) is 0 Å². The molecule has 60 valence electrons. The lowest BCUT2D eigenvalue weighted by Crippen LogP contribution is -2.23. The number of nitrogens with zero attached hydrogens (tertiary/aromatic N) is 2. The van der Waals surface area contributed by atoms with Crippen LogP contribution >= 0.6 is 11.8 Å². The van der Waals surface area contributed by atoms with Crippen LogP contribution in [0.15, 0.2) is 12.5 Å². The molecule has 1 amide bonds. The SMILES string of the molecule is CCNC(=O)c1cncn1Cl. The zero-order chi connectivity index (χ0) is 8.27. The quantitative estimate of drug-likeness (QED) is 0.714. The lowest BCUT2D eigenvalue weighted by Gasteiger charge is -1.98. The maximum Gasteiger partial charge on any atom is 0.270 e. The Morgan fingerprint density at radius 2 is 2.64 bits per heavy atom. The van der Waals surface area contributed by atoms with Crippen LogP contribution in [0.2, 0.25) is 0 Å². The number of halogens is 1. The average molecular weight is 174 g/mol. The van der Waals surface area contributed by atoms with E-state index in [-0.39, 0.29) is 5.91 Å². The minimum atomic E-state index is -0.208. The van der Waals surface area contributed by atoms with Crippen molar-refractivity contribution < 1.29 is 4.79 Å². The van der Waals surface area contributed by atoms with E-state index in [4.69, 9.17) is 11.8 Å². The Balaban J connectivity index is 2.76. The highest BCUT2D eigenvalue weighted by atomic mass is 35.5. The van der Waals surface area contributed by atoms with Gasteiger partial charge >= 0.3 is 0 Å². The van der Waals surface area contributed by atoms with Crippen molar-refractivity contribution in [1.29, 1.82) is 0 Å². The molecule has 0 fully saturated rings. The zero-order valence-electron chi connectivity index (χ0n) is 6.04. The summed E-state index contributed by atoms with van der Waals surface area (Å²) >= 11 is 5.56. The molecule has 5 heteroatoms. The van der Waals surface area contributed by atoms with Crippen molar-refractivity contribution in [2.75, 3.05) is 6.54 Å². The third-order valence-electron chi connectivity index (χ3n) is 1.16. The van der Waals surface area contributed by atoms with Crippen LogP contribution in [0.5, 0.6) is 0 Å². The monoisotopic (exact) mass is 173 g/mol. The number of rotatable bonds is 2. The number of aromatic nitrogens is 2. The summed E-state index contributed by atoms with van der Waals surface area (Å²) in [5, 5.41) is 2.60. The number of amides is 1. The van der Waals surface area contributed by atoms with E-state index in [1.807, 2.05) is 6.92 Å². The van der Waals surface area contributed by atoms with Crippen LogP contribution in [0.1, 0.15) is 17.4 Å². The van der Waals surface area contributed by atoms with Gasteiger partial charge in [-0.05, 0) is 6.92 Å². The molecule has 11 heavy (non-hydrogen) atoms. The second-order valence-corrected chi connectivity index (χ2v) is 2.31. The summed E-state index contributed by atoms with van der Waals surface area (Å²) in [7, 11) is 0. The van der Waals surface area contributed by atoms with Crippen molar-refractivity contribution in [2.45, 2.75) is 6.92 Å². The predicted octanol–water partition coefficient (Wildman–Crippen LogP) is 0.635. The van der Waals surface area contributed by atoms with Gasteiger partial charge in [-0.2, -0.15) is 0 Å². The standard InChI is InChI=1S/C6H8ClN3O/c1-2-9-6(11)5-3-8-4-10(5)7/h3-4H,2H2,1H3,(H,9,11). The van der Waals surface area contributed by atoms with E-state index in [9.17, 15) is 4.79 Å². The number of hydrogen-bond acceptors (Lipinski definition) is 2. The first-order chi connectivity index (χ1) is 5.25. The Morgan fingerprint density at radius 3 is 3.09 bits per heavy atom. The molecule has 1 aromatic rings. The van der Waals surface area contributed by atoms with Crippen molar-refractivity contribution in [3.63, 3.8) is 0 Å². The van der Waals surface area contributed by atoms with Gasteiger partial charge in [0, 0.05) is 18.3 Å². The number of hydrogen-bond donors (Lipinski definition) is 1. The Bertz CT molecular complexity index is 258. The highest BCUT2D eigenvalue weighted by Crippen LogP contribution is 1.99. The Morgan fingerprint density at radius 1 is 1.91 bits per heavy atom. The fraction of sp³-hybridized carbons (Fsp3) is 0.333. The first-order valence-electron chi connectivity index (χ1n) is 3.22. The van der Waals surface area contributed by atoms with E-state index in [2.05, 4.69) is 10.3 Å². The van der Waals surface area contributed by atoms with Crippen LogP contribution in [0.3, 0.4) is 0 Å². The van der Waals surface area contributed by atoms with Gasteiger partial charge in [-0.15, -0.1) is 0 Å². The summed E-state index contributed by atoms with van der Waals surface area (Å²) in [4.78, 5) is 14.8. The van der Waals surface area contributed by atoms with E-state index in [0.717, 1.165) is 4.09 Å². The molecule has 1 aromatic heterocycles. The molecule has 0 aliphatic carbocycles. The van der Waals surface area contributed by atoms with Gasteiger partial charge in [0.1, 0.15) is 12.0 Å². The Labute approximate surface area is 69.3 Å². The van der Waals surface area contributed by atoms with Crippen LogP contribution in [0, 0.1) is 0 Å². The normalized spacial score (nSPS) is 9.64. The van der Waals surface area contributed by atoms with Gasteiger partial charge in [-0.1, -0.05) is 0 Å². The van der Waals surface area contributed by atoms with Crippen molar-refractivity contribution in [3.05, 3.63) is 18.2 Å². The molecule has 0 aliphatic heterocycles. The zero-order valence-corrected chi connectivity index (χ0v) is 6.80. The largest absolute Gasteiger partial charge is 0.351 e. The van der Waals surface area contributed by atoms with Crippen LogP contribution < -0.4 is 5.32 Å². The lowest BCUT2D eigenvalue weighted by atomic mass is 10.4. The number of carbonyl (C=O) groups is 1. The first kappa shape index (κ1) is 8.07. The molecule has 1 rings (SSSR count). The minimum absolute atomic E-state index is 0.208. The van der Waals surface area contributed by atoms with Crippen LogP contribution in [0.25, 0.3) is 0 Å². The van der Waals surface area contributed by atoms with Gasteiger partial charge in [-0.3, -0.25) is 4.79 Å². The first-order valence-corrected chi connectivity index (χ1v) is 3.56. The van der Waals surface area contributed by atoms with Crippen molar-refractivity contribution in [2.24, 2.45) is 0 Å². The van der Waals surface area contributed by atoms with E-state index < -0.39 is 0 Å². The van der Waals surface area contributed by atoms with Crippen molar-refractivity contribution in [3.8, 4) is 0 Å². The second kappa shape index (κ2) is 3.39. The van der Waals surface area contributed by atoms with E-state index in [1.165, 1.54) is 12.5 Å². The number of imidazole rings is 1. The van der Waals surface area contributed by atoms with Gasteiger partial charge in [0.25, 0.3) is 5.91 Å². The molecular weight excluding hydrogens is 166 g/mol. The molecule has 1 N–H and O–H groups in total. The average Bonchev–Trinajstić information content (AvgIpc) is 2.36. The third-order valence-corrected chi connectivity index (χ3v) is 1.43. The molecule has 0 aromatic carbocycles. The second-order valence-electron chi connectivity index (χ2n) is 1.95. The maximum atomic E-state index is 11.1. The molecule has 0 aliphatic rings. The van der Waals surface area contributed by atoms with Gasteiger partial charge < -0.3 is 5.32 Å². The summed E-state index contributed by atoms with van der Waals surface area (Å²) < 4.78 is 1.16. The molecule has 1 heterocycles. The van der Waals surface area contributed by atoms with Gasteiger partial charge in [0.2, 0.25) is 0 Å². The van der Waals surface area contributed by atoms with Crippen LogP contribution in [-0.2, 0) is 0 Å². The highest BCUT2D eigenvalue weighted by molar-refractivity contribution is 6.17. The summed E-state index contributed by atoms with van der Waals surface area (Å²) in [5.74, 6) is -0.208. The van der Waals surface area contributed by atoms with E-state index in [0.29, 0.717) is 12.2 Å². The smallest absolute Gasteiger partial charge is 0.270 e. The summed E-state index contributed by atoms with van der Waals surface area (Å²) in [6.07, 6.45) is 2.78. The summed E-state index contributed by atoms with van der Waals surface area (Å²) in [6, 6.07) is 0. The number of nitrogens with one attached hydrogen (secondary N) is 1. The number of carbonyl (C=O) groups excluding carboxylic acids is 1. The molecule has 0 atom stereocenters.